The van der Waals surface area contributed by atoms with E-state index in [-0.39, 0.29) is 28.7 Å². The predicted molar refractivity (Wildman–Crippen MR) is 134 cm³/mol. The monoisotopic (exact) mass is 531 g/mol. The molecule has 0 atom stereocenters. The van der Waals surface area contributed by atoms with Gasteiger partial charge in [-0.05, 0) is 42.3 Å². The summed E-state index contributed by atoms with van der Waals surface area (Å²) in [5.41, 5.74) is 1.50. The highest BCUT2D eigenvalue weighted by atomic mass is 32.1. The van der Waals surface area contributed by atoms with Gasteiger partial charge < -0.3 is 24.3 Å². The topological polar surface area (TPSA) is 100 Å². The van der Waals surface area contributed by atoms with Gasteiger partial charge in [0.15, 0.2) is 18.1 Å². The number of carbonyl (C=O) groups excluding carboxylic acids is 3. The molecule has 0 unspecified atom stereocenters. The summed E-state index contributed by atoms with van der Waals surface area (Å²) in [5.74, 6) is -2.15. The Labute approximate surface area is 215 Å². The molecule has 2 aromatic carbocycles. The molecule has 1 heterocycles. The number of carbonyl (C=O) groups is 3. The summed E-state index contributed by atoms with van der Waals surface area (Å²) in [6.07, 6.45) is 2.43. The Morgan fingerprint density at radius 3 is 2.46 bits per heavy atom. The lowest BCUT2D eigenvalue weighted by Crippen LogP contribution is -2.20. The molecule has 3 aromatic rings. The quantitative estimate of drug-likeness (QED) is 0.261. The third-order valence-corrected chi connectivity index (χ3v) is 5.80. The summed E-state index contributed by atoms with van der Waals surface area (Å²) < 4.78 is 44.3. The number of hydrogen-bond acceptors (Lipinski definition) is 8. The van der Waals surface area contributed by atoms with Crippen molar-refractivity contribution in [2.45, 2.75) is 13.5 Å². The van der Waals surface area contributed by atoms with E-state index >= 15 is 0 Å². The smallest absolute Gasteiger partial charge is 0.387 e. The second-order valence-corrected chi connectivity index (χ2v) is 8.27. The summed E-state index contributed by atoms with van der Waals surface area (Å²) in [4.78, 5) is 37.6. The minimum atomic E-state index is -3.01. The highest BCUT2D eigenvalue weighted by Crippen LogP contribution is 2.36. The number of methoxy groups -OCH3 is 1. The maximum Gasteiger partial charge on any atom is 0.387 e. The predicted octanol–water partition coefficient (Wildman–Crippen LogP) is 5.40. The molecule has 1 amide bonds. The first-order chi connectivity index (χ1) is 17.8. The second kappa shape index (κ2) is 13.2. The normalized spacial score (nSPS) is 10.8. The molecule has 0 aliphatic rings. The van der Waals surface area contributed by atoms with Crippen molar-refractivity contribution in [2.75, 3.05) is 25.6 Å². The molecule has 194 valence electrons. The Balaban J connectivity index is 1.62. The molecule has 0 saturated heterocycles. The van der Waals surface area contributed by atoms with Crippen LogP contribution in [0.1, 0.15) is 22.8 Å². The lowest BCUT2D eigenvalue weighted by molar-refractivity contribution is -0.142. The van der Waals surface area contributed by atoms with E-state index in [2.05, 4.69) is 10.1 Å². The van der Waals surface area contributed by atoms with E-state index < -0.39 is 31.1 Å². The molecular weight excluding hydrogens is 508 g/mol. The number of amides is 1. The number of ether oxygens (including phenoxy) is 4. The van der Waals surface area contributed by atoms with Crippen molar-refractivity contribution in [3.05, 3.63) is 71.8 Å². The number of thiophene rings is 1. The molecule has 11 heteroatoms. The maximum atomic E-state index is 12.4. The van der Waals surface area contributed by atoms with Crippen molar-refractivity contribution in [3.63, 3.8) is 0 Å². The van der Waals surface area contributed by atoms with Gasteiger partial charge in [-0.15, -0.1) is 11.3 Å². The summed E-state index contributed by atoms with van der Waals surface area (Å²) in [5, 5.41) is 2.86. The van der Waals surface area contributed by atoms with E-state index in [9.17, 15) is 23.2 Å². The number of esters is 2. The molecule has 8 nitrogen and oxygen atoms in total. The minimum Gasteiger partial charge on any atom is -0.493 e. The summed E-state index contributed by atoms with van der Waals surface area (Å²) >= 11 is 1.19. The number of rotatable bonds is 11. The average molecular weight is 532 g/mol. The van der Waals surface area contributed by atoms with Crippen molar-refractivity contribution < 1.29 is 42.1 Å². The fraction of sp³-hybridized carbons (Fsp3) is 0.192. The number of benzene rings is 2. The van der Waals surface area contributed by atoms with Crippen molar-refractivity contribution in [3.8, 4) is 21.9 Å². The number of halogens is 2. The Morgan fingerprint density at radius 1 is 1.03 bits per heavy atom. The molecule has 0 aliphatic carbocycles. The van der Waals surface area contributed by atoms with Crippen LogP contribution in [0.3, 0.4) is 0 Å². The molecule has 0 aliphatic heterocycles. The highest BCUT2D eigenvalue weighted by molar-refractivity contribution is 7.20. The van der Waals surface area contributed by atoms with Gasteiger partial charge in [-0.2, -0.15) is 8.78 Å². The first-order valence-electron chi connectivity index (χ1n) is 10.9. The van der Waals surface area contributed by atoms with Crippen LogP contribution in [-0.2, 0) is 19.1 Å². The van der Waals surface area contributed by atoms with Crippen LogP contribution < -0.4 is 14.8 Å². The van der Waals surface area contributed by atoms with E-state index in [1.165, 1.54) is 42.7 Å². The Bertz CT molecular complexity index is 1280. The Hall–Kier alpha value is -4.25. The van der Waals surface area contributed by atoms with Gasteiger partial charge in [0.2, 0.25) is 0 Å². The van der Waals surface area contributed by atoms with Crippen LogP contribution in [0.5, 0.6) is 11.5 Å². The molecule has 37 heavy (non-hydrogen) atoms. The van der Waals surface area contributed by atoms with Gasteiger partial charge in [0, 0.05) is 11.0 Å². The summed E-state index contributed by atoms with van der Waals surface area (Å²) in [6, 6.07) is 15.1. The largest absolute Gasteiger partial charge is 0.493 e. The van der Waals surface area contributed by atoms with Gasteiger partial charge in [-0.1, -0.05) is 36.4 Å². The molecule has 0 bridgehead atoms. The minimum absolute atomic E-state index is 0.0541. The van der Waals surface area contributed by atoms with Crippen LogP contribution in [0.25, 0.3) is 16.5 Å². The van der Waals surface area contributed by atoms with E-state index in [0.29, 0.717) is 5.56 Å². The van der Waals surface area contributed by atoms with Crippen LogP contribution in [-0.4, -0.2) is 44.8 Å². The molecule has 0 spiro atoms. The molecule has 1 aromatic heterocycles. The van der Waals surface area contributed by atoms with Gasteiger partial charge in [0.1, 0.15) is 5.00 Å². The van der Waals surface area contributed by atoms with Crippen LogP contribution >= 0.6 is 11.3 Å². The maximum absolute atomic E-state index is 12.4. The zero-order valence-electron chi connectivity index (χ0n) is 19.9. The zero-order valence-corrected chi connectivity index (χ0v) is 20.7. The van der Waals surface area contributed by atoms with E-state index in [1.807, 2.05) is 30.3 Å². The van der Waals surface area contributed by atoms with E-state index in [1.54, 1.807) is 13.0 Å². The molecule has 0 radical (unpaired) electrons. The van der Waals surface area contributed by atoms with Crippen LogP contribution in [0.4, 0.5) is 13.8 Å². The average Bonchev–Trinajstić information content (AvgIpc) is 3.31. The van der Waals surface area contributed by atoms with Gasteiger partial charge in [0.05, 0.1) is 19.3 Å². The number of nitrogens with one attached hydrogen (secondary N) is 1. The summed E-state index contributed by atoms with van der Waals surface area (Å²) in [7, 11) is 1.29. The van der Waals surface area contributed by atoms with Gasteiger partial charge in [-0.25, -0.2) is 9.59 Å². The standard InChI is InChI=1S/C26H23F2NO7S/c1-3-34-25(32)18-14-21(17-7-5-4-6-8-17)37-24(18)29-22(30)15-35-23(31)12-10-16-9-11-19(36-26(27)28)20(13-16)33-2/h4-14,26H,3,15H2,1-2H3,(H,29,30)/b12-10+. The Kier molecular flexibility index (Phi) is 9.73. The molecular formula is C26H23F2NO7S. The van der Waals surface area contributed by atoms with Gasteiger partial charge in [0.25, 0.3) is 5.91 Å². The van der Waals surface area contributed by atoms with Gasteiger partial charge in [-0.3, -0.25) is 4.79 Å². The van der Waals surface area contributed by atoms with Crippen molar-refractivity contribution in [1.29, 1.82) is 0 Å². The zero-order chi connectivity index (χ0) is 26.8. The van der Waals surface area contributed by atoms with E-state index in [4.69, 9.17) is 14.2 Å². The first kappa shape index (κ1) is 27.3. The molecule has 0 saturated carbocycles. The second-order valence-electron chi connectivity index (χ2n) is 7.22. The molecule has 1 N–H and O–H groups in total. The molecule has 3 rings (SSSR count). The number of hydrogen-bond donors (Lipinski definition) is 1. The third-order valence-electron chi connectivity index (χ3n) is 4.70. The lowest BCUT2D eigenvalue weighted by Gasteiger charge is -2.10. The fourth-order valence-electron chi connectivity index (χ4n) is 3.08. The molecule has 0 fully saturated rings. The van der Waals surface area contributed by atoms with Crippen LogP contribution in [0, 0.1) is 0 Å². The van der Waals surface area contributed by atoms with Crippen molar-refractivity contribution in [1.82, 2.24) is 0 Å². The number of anilines is 1. The van der Waals surface area contributed by atoms with Gasteiger partial charge >= 0.3 is 18.6 Å². The van der Waals surface area contributed by atoms with Crippen molar-refractivity contribution in [2.24, 2.45) is 0 Å². The van der Waals surface area contributed by atoms with Crippen molar-refractivity contribution >= 4 is 40.3 Å². The SMILES string of the molecule is CCOC(=O)c1cc(-c2ccccc2)sc1NC(=O)COC(=O)/C=C/c1ccc(OC(F)F)c(OC)c1. The Morgan fingerprint density at radius 2 is 1.78 bits per heavy atom. The van der Waals surface area contributed by atoms with E-state index in [0.717, 1.165) is 16.5 Å². The van der Waals surface area contributed by atoms with Crippen LogP contribution in [0.2, 0.25) is 0 Å². The lowest BCUT2D eigenvalue weighted by atomic mass is 10.1. The first-order valence-corrected chi connectivity index (χ1v) is 11.8. The highest BCUT2D eigenvalue weighted by Gasteiger charge is 2.20. The number of alkyl halides is 2. The summed E-state index contributed by atoms with van der Waals surface area (Å²) in [6.45, 7) is -1.77. The third kappa shape index (κ3) is 7.87. The fourth-order valence-corrected chi connectivity index (χ4v) is 4.15. The van der Waals surface area contributed by atoms with Crippen LogP contribution in [0.15, 0.2) is 60.7 Å².